The number of hydrogen-bond donors (Lipinski definition) is 0. The Bertz CT molecular complexity index is 995. The molecule has 0 aliphatic carbocycles. The average molecular weight is 472 g/mol. The number of rotatable bonds is 2. The van der Waals surface area contributed by atoms with Gasteiger partial charge in [-0.3, -0.25) is 0 Å². The van der Waals surface area contributed by atoms with Gasteiger partial charge in [0.05, 0.1) is 17.0 Å². The summed E-state index contributed by atoms with van der Waals surface area (Å²) in [6.45, 7) is 2.18. The molecule has 3 aliphatic heterocycles. The van der Waals surface area contributed by atoms with Gasteiger partial charge in [0, 0.05) is 18.7 Å². The third kappa shape index (κ3) is 3.30. The number of fused-ring (bicyclic) bond motifs is 3. The van der Waals surface area contributed by atoms with Gasteiger partial charge in [0.1, 0.15) is 18.8 Å². The Morgan fingerprint density at radius 3 is 2.87 bits per heavy atom. The van der Waals surface area contributed by atoms with Crippen molar-refractivity contribution in [3.05, 3.63) is 70.3 Å². The minimum atomic E-state index is -0.523. The Hall–Kier alpha value is -2.38. The van der Waals surface area contributed by atoms with E-state index in [9.17, 15) is 9.59 Å². The van der Waals surface area contributed by atoms with Crippen molar-refractivity contribution < 1.29 is 23.8 Å². The van der Waals surface area contributed by atoms with Crippen LogP contribution < -0.4 is 0 Å². The van der Waals surface area contributed by atoms with Crippen LogP contribution in [0.5, 0.6) is 0 Å². The van der Waals surface area contributed by atoms with Crippen LogP contribution in [-0.4, -0.2) is 41.5 Å². The zero-order chi connectivity index (χ0) is 20.7. The maximum atomic E-state index is 12.6. The van der Waals surface area contributed by atoms with Crippen LogP contribution in [0.4, 0.5) is 4.79 Å². The highest BCUT2D eigenvalue weighted by Gasteiger charge is 2.49. The van der Waals surface area contributed by atoms with Gasteiger partial charge in [-0.1, -0.05) is 46.3 Å². The molecule has 3 heterocycles. The number of amides is 1. The Morgan fingerprint density at radius 2 is 2.07 bits per heavy atom. The molecule has 0 aromatic heterocycles. The lowest BCUT2D eigenvalue weighted by Crippen LogP contribution is -2.55. The zero-order valence-electron chi connectivity index (χ0n) is 16.4. The smallest absolute Gasteiger partial charge is 0.410 e. The fourth-order valence-electron chi connectivity index (χ4n) is 4.57. The summed E-state index contributed by atoms with van der Waals surface area (Å²) in [5.41, 5.74) is 4.25. The van der Waals surface area contributed by atoms with Crippen LogP contribution in [0, 0.1) is 0 Å². The van der Waals surface area contributed by atoms with Crippen LogP contribution in [0.25, 0.3) is 0 Å². The van der Waals surface area contributed by atoms with Gasteiger partial charge in [-0.25, -0.2) is 9.59 Å². The lowest BCUT2D eigenvalue weighted by Gasteiger charge is -2.48. The maximum absolute atomic E-state index is 12.6. The number of piperidine rings is 1. The van der Waals surface area contributed by atoms with E-state index in [-0.39, 0.29) is 23.5 Å². The molecule has 0 radical (unpaired) electrons. The Morgan fingerprint density at radius 1 is 1.23 bits per heavy atom. The number of benzene rings is 2. The van der Waals surface area contributed by atoms with Crippen LogP contribution in [-0.2, 0) is 39.4 Å². The molecule has 2 unspecified atom stereocenters. The molecule has 1 amide bonds. The van der Waals surface area contributed by atoms with Crippen molar-refractivity contribution in [2.24, 2.45) is 0 Å². The molecular formula is C23H22BrNO5. The van der Waals surface area contributed by atoms with E-state index in [2.05, 4.69) is 22.0 Å². The standard InChI is InChI=1S/C23H22BrNO5/c24-20-12-25(22(27)29-13-15-4-2-1-3-5-15)8-7-23(20)19-11-17-14-28-21(26)18(17)10-16(19)6-9-30-23/h1-5,10-11,20H,6-9,12-14H2. The molecule has 0 saturated carbocycles. The summed E-state index contributed by atoms with van der Waals surface area (Å²) in [4.78, 5) is 26.2. The summed E-state index contributed by atoms with van der Waals surface area (Å²) in [6.07, 6.45) is 1.10. The van der Waals surface area contributed by atoms with Gasteiger partial charge in [-0.15, -0.1) is 0 Å². The van der Waals surface area contributed by atoms with Gasteiger partial charge in [0.25, 0.3) is 0 Å². The fraction of sp³-hybridized carbons (Fsp3) is 0.391. The van der Waals surface area contributed by atoms with E-state index in [1.54, 1.807) is 4.90 Å². The number of alkyl halides is 1. The number of carbonyl (C=O) groups excluding carboxylic acids is 2. The first-order valence-electron chi connectivity index (χ1n) is 10.1. The predicted molar refractivity (Wildman–Crippen MR) is 112 cm³/mol. The molecule has 0 N–H and O–H groups in total. The average Bonchev–Trinajstić information content (AvgIpc) is 3.13. The quantitative estimate of drug-likeness (QED) is 0.490. The summed E-state index contributed by atoms with van der Waals surface area (Å²) in [5, 5.41) is 0. The number of ether oxygens (including phenoxy) is 3. The summed E-state index contributed by atoms with van der Waals surface area (Å²) < 4.78 is 17.0. The monoisotopic (exact) mass is 471 g/mol. The molecule has 30 heavy (non-hydrogen) atoms. The molecule has 0 bridgehead atoms. The van der Waals surface area contributed by atoms with Crippen LogP contribution in [0.1, 0.15) is 39.0 Å². The molecule has 156 valence electrons. The number of likely N-dealkylation sites (tertiary alicyclic amines) is 1. The van der Waals surface area contributed by atoms with E-state index >= 15 is 0 Å². The van der Waals surface area contributed by atoms with Crippen molar-refractivity contribution in [1.82, 2.24) is 4.90 Å². The fourth-order valence-corrected chi connectivity index (χ4v) is 5.53. The second kappa shape index (κ2) is 7.71. The highest BCUT2D eigenvalue weighted by Crippen LogP contribution is 2.46. The Labute approximate surface area is 183 Å². The molecule has 2 aromatic rings. The van der Waals surface area contributed by atoms with Crippen molar-refractivity contribution >= 4 is 28.0 Å². The van der Waals surface area contributed by atoms with E-state index in [0.29, 0.717) is 38.3 Å². The minimum Gasteiger partial charge on any atom is -0.457 e. The topological polar surface area (TPSA) is 65.1 Å². The Balaban J connectivity index is 1.33. The van der Waals surface area contributed by atoms with Gasteiger partial charge in [-0.2, -0.15) is 0 Å². The Kier molecular flexibility index (Phi) is 5.03. The number of hydrogen-bond acceptors (Lipinski definition) is 5. The summed E-state index contributed by atoms with van der Waals surface area (Å²) in [7, 11) is 0. The molecular weight excluding hydrogens is 450 g/mol. The molecule has 1 spiro atoms. The second-order valence-corrected chi connectivity index (χ2v) is 9.04. The molecule has 6 nitrogen and oxygen atoms in total. The highest BCUT2D eigenvalue weighted by atomic mass is 79.9. The SMILES string of the molecule is O=C1OCc2cc3c(cc21)CCOC31CCN(C(=O)OCc2ccccc2)CC1Br. The number of nitrogens with zero attached hydrogens (tertiary/aromatic N) is 1. The third-order valence-electron chi connectivity index (χ3n) is 6.20. The second-order valence-electron chi connectivity index (χ2n) is 7.93. The minimum absolute atomic E-state index is 0.0850. The van der Waals surface area contributed by atoms with Crippen molar-refractivity contribution in [3.8, 4) is 0 Å². The molecule has 2 aromatic carbocycles. The van der Waals surface area contributed by atoms with Crippen molar-refractivity contribution in [3.63, 3.8) is 0 Å². The molecule has 3 aliphatic rings. The predicted octanol–water partition coefficient (Wildman–Crippen LogP) is 3.93. The summed E-state index contributed by atoms with van der Waals surface area (Å²) in [6, 6.07) is 13.7. The number of cyclic esters (lactones) is 1. The lowest BCUT2D eigenvalue weighted by molar-refractivity contribution is -0.0889. The van der Waals surface area contributed by atoms with Crippen LogP contribution in [0.2, 0.25) is 0 Å². The van der Waals surface area contributed by atoms with Crippen molar-refractivity contribution in [1.29, 1.82) is 0 Å². The van der Waals surface area contributed by atoms with Crippen molar-refractivity contribution in [2.45, 2.75) is 36.5 Å². The molecule has 1 fully saturated rings. The highest BCUT2D eigenvalue weighted by molar-refractivity contribution is 9.09. The normalized spacial score (nSPS) is 24.9. The van der Waals surface area contributed by atoms with E-state index in [0.717, 1.165) is 28.7 Å². The van der Waals surface area contributed by atoms with Gasteiger partial charge < -0.3 is 19.1 Å². The van der Waals surface area contributed by atoms with Gasteiger partial charge in [0.15, 0.2) is 0 Å². The molecule has 5 rings (SSSR count). The summed E-state index contributed by atoms with van der Waals surface area (Å²) >= 11 is 3.80. The maximum Gasteiger partial charge on any atom is 0.410 e. The van der Waals surface area contributed by atoms with E-state index in [1.165, 1.54) is 0 Å². The van der Waals surface area contributed by atoms with Crippen LogP contribution in [0.15, 0.2) is 42.5 Å². The van der Waals surface area contributed by atoms with Crippen molar-refractivity contribution in [2.75, 3.05) is 19.7 Å². The van der Waals surface area contributed by atoms with Gasteiger partial charge >= 0.3 is 12.1 Å². The largest absolute Gasteiger partial charge is 0.457 e. The lowest BCUT2D eigenvalue weighted by atomic mass is 9.78. The number of halogens is 1. The van der Waals surface area contributed by atoms with Gasteiger partial charge in [0.2, 0.25) is 0 Å². The number of carbonyl (C=O) groups is 2. The van der Waals surface area contributed by atoms with Gasteiger partial charge in [-0.05, 0) is 41.7 Å². The van der Waals surface area contributed by atoms with Crippen LogP contribution in [0.3, 0.4) is 0 Å². The molecule has 7 heteroatoms. The van der Waals surface area contributed by atoms with E-state index < -0.39 is 5.60 Å². The summed E-state index contributed by atoms with van der Waals surface area (Å²) in [5.74, 6) is -0.250. The number of esters is 1. The van der Waals surface area contributed by atoms with E-state index in [4.69, 9.17) is 14.2 Å². The third-order valence-corrected chi connectivity index (χ3v) is 7.23. The van der Waals surface area contributed by atoms with Crippen LogP contribution >= 0.6 is 15.9 Å². The first kappa shape index (κ1) is 19.6. The van der Waals surface area contributed by atoms with E-state index in [1.807, 2.05) is 36.4 Å². The molecule has 2 atom stereocenters. The zero-order valence-corrected chi connectivity index (χ0v) is 18.0. The molecule has 1 saturated heterocycles. The first-order valence-corrected chi connectivity index (χ1v) is 11.1. The first-order chi connectivity index (χ1) is 14.6.